The first-order valence-electron chi connectivity index (χ1n) is 9.84. The number of H-pyrrole nitrogens is 1. The van der Waals surface area contributed by atoms with Gasteiger partial charge < -0.3 is 4.90 Å². The van der Waals surface area contributed by atoms with Crippen LogP contribution < -0.4 is 0 Å². The summed E-state index contributed by atoms with van der Waals surface area (Å²) in [6.45, 7) is 4.95. The predicted octanol–water partition coefficient (Wildman–Crippen LogP) is 2.84. The summed E-state index contributed by atoms with van der Waals surface area (Å²) in [6.07, 6.45) is 0. The summed E-state index contributed by atoms with van der Waals surface area (Å²) in [5.74, 6) is -0.173. The molecule has 156 valence electrons. The second kappa shape index (κ2) is 8.04. The molecule has 1 N–H and O–H groups in total. The van der Waals surface area contributed by atoms with Crippen molar-refractivity contribution in [1.82, 2.24) is 19.4 Å². The highest BCUT2D eigenvalue weighted by atomic mass is 32.2. The monoisotopic (exact) mass is 424 g/mol. The third kappa shape index (κ3) is 3.88. The molecule has 0 radical (unpaired) electrons. The second-order valence-corrected chi connectivity index (χ2v) is 9.40. The number of carbonyl (C=O) groups excluding carboxylic acids is 1. The number of aromatic nitrogens is 2. The molecule has 3 aromatic rings. The van der Waals surface area contributed by atoms with Crippen LogP contribution in [-0.4, -0.2) is 59.9 Å². The summed E-state index contributed by atoms with van der Waals surface area (Å²) in [7, 11) is -3.58. The Balaban J connectivity index is 1.44. The fraction of sp³-hybridized carbons (Fsp3) is 0.273. The third-order valence-electron chi connectivity index (χ3n) is 5.35. The quantitative estimate of drug-likeness (QED) is 0.698. The highest BCUT2D eigenvalue weighted by molar-refractivity contribution is 7.89. The van der Waals surface area contributed by atoms with Crippen LogP contribution in [0.25, 0.3) is 11.3 Å². The Kier molecular flexibility index (Phi) is 5.44. The van der Waals surface area contributed by atoms with Crippen LogP contribution in [0.15, 0.2) is 59.5 Å². The fourth-order valence-corrected chi connectivity index (χ4v) is 5.35. The lowest BCUT2D eigenvalue weighted by Gasteiger charge is -2.34. The molecule has 1 aliphatic heterocycles. The number of rotatable bonds is 4. The normalized spacial score (nSPS) is 15.3. The maximum atomic E-state index is 13.0. The summed E-state index contributed by atoms with van der Waals surface area (Å²) in [6, 6.07) is 16.7. The molecule has 0 bridgehead atoms. The van der Waals surface area contributed by atoms with Crippen molar-refractivity contribution < 1.29 is 13.2 Å². The van der Waals surface area contributed by atoms with Crippen molar-refractivity contribution in [2.75, 3.05) is 26.2 Å². The van der Waals surface area contributed by atoms with Gasteiger partial charge in [-0.15, -0.1) is 0 Å². The Morgan fingerprint density at radius 1 is 0.967 bits per heavy atom. The van der Waals surface area contributed by atoms with E-state index in [-0.39, 0.29) is 19.0 Å². The molecule has 7 nitrogen and oxygen atoms in total. The molecular formula is C22H24N4O3S. The van der Waals surface area contributed by atoms with Gasteiger partial charge >= 0.3 is 0 Å². The van der Waals surface area contributed by atoms with E-state index in [9.17, 15) is 13.2 Å². The number of hydrogen-bond donors (Lipinski definition) is 1. The van der Waals surface area contributed by atoms with Crippen LogP contribution in [0, 0.1) is 13.8 Å². The number of aromatic amines is 1. The first-order chi connectivity index (χ1) is 14.4. The van der Waals surface area contributed by atoms with E-state index in [1.54, 1.807) is 17.0 Å². The van der Waals surface area contributed by atoms with Crippen molar-refractivity contribution in [3.63, 3.8) is 0 Å². The molecule has 2 heterocycles. The van der Waals surface area contributed by atoms with Crippen LogP contribution in [0.5, 0.6) is 0 Å². The predicted molar refractivity (Wildman–Crippen MR) is 115 cm³/mol. The van der Waals surface area contributed by atoms with Gasteiger partial charge in [-0.1, -0.05) is 48.0 Å². The van der Waals surface area contributed by atoms with Crippen LogP contribution in [-0.2, 0) is 10.0 Å². The zero-order chi connectivity index (χ0) is 21.3. The number of hydrogen-bond acceptors (Lipinski definition) is 4. The first-order valence-corrected chi connectivity index (χ1v) is 11.3. The zero-order valence-electron chi connectivity index (χ0n) is 17.0. The lowest BCUT2D eigenvalue weighted by Crippen LogP contribution is -2.50. The van der Waals surface area contributed by atoms with Gasteiger partial charge in [-0.3, -0.25) is 9.89 Å². The summed E-state index contributed by atoms with van der Waals surface area (Å²) >= 11 is 0. The minimum atomic E-state index is -3.58. The Hall–Kier alpha value is -2.97. The Morgan fingerprint density at radius 3 is 2.33 bits per heavy atom. The van der Waals surface area contributed by atoms with Crippen LogP contribution in [0.2, 0.25) is 0 Å². The highest BCUT2D eigenvalue weighted by Crippen LogP contribution is 2.23. The van der Waals surface area contributed by atoms with E-state index in [0.717, 1.165) is 16.7 Å². The Morgan fingerprint density at radius 2 is 1.67 bits per heavy atom. The average molecular weight is 425 g/mol. The van der Waals surface area contributed by atoms with E-state index in [1.807, 2.05) is 56.3 Å². The van der Waals surface area contributed by atoms with Gasteiger partial charge in [-0.25, -0.2) is 8.42 Å². The molecule has 0 aliphatic carbocycles. The molecule has 4 rings (SSSR count). The fourth-order valence-electron chi connectivity index (χ4n) is 3.72. The van der Waals surface area contributed by atoms with Gasteiger partial charge in [0.05, 0.1) is 10.6 Å². The SMILES string of the molecule is Cc1ccc(S(=O)(=O)N2CCN(C(=O)c3cc(-c4ccccc4)n[nH]3)CC2)c(C)c1. The highest BCUT2D eigenvalue weighted by Gasteiger charge is 2.31. The minimum Gasteiger partial charge on any atom is -0.335 e. The van der Waals surface area contributed by atoms with E-state index < -0.39 is 10.0 Å². The molecule has 2 aromatic carbocycles. The molecule has 1 fully saturated rings. The third-order valence-corrected chi connectivity index (χ3v) is 7.41. The lowest BCUT2D eigenvalue weighted by molar-refractivity contribution is 0.0692. The molecule has 1 saturated heterocycles. The van der Waals surface area contributed by atoms with Gasteiger partial charge in [-0.2, -0.15) is 9.40 Å². The van der Waals surface area contributed by atoms with Crippen molar-refractivity contribution >= 4 is 15.9 Å². The first kappa shape index (κ1) is 20.3. The van der Waals surface area contributed by atoms with Gasteiger partial charge in [-0.05, 0) is 31.5 Å². The van der Waals surface area contributed by atoms with Gasteiger partial charge in [0.1, 0.15) is 5.69 Å². The van der Waals surface area contributed by atoms with Crippen molar-refractivity contribution in [2.45, 2.75) is 18.7 Å². The maximum Gasteiger partial charge on any atom is 0.271 e. The largest absolute Gasteiger partial charge is 0.335 e. The number of carbonyl (C=O) groups is 1. The maximum absolute atomic E-state index is 13.0. The van der Waals surface area contributed by atoms with Crippen molar-refractivity contribution in [3.05, 3.63) is 71.4 Å². The molecule has 0 atom stereocenters. The van der Waals surface area contributed by atoms with E-state index in [2.05, 4.69) is 10.2 Å². The smallest absolute Gasteiger partial charge is 0.271 e. The standard InChI is InChI=1S/C22H24N4O3S/c1-16-8-9-21(17(2)14-16)30(28,29)26-12-10-25(11-13-26)22(27)20-15-19(23-24-20)18-6-4-3-5-7-18/h3-9,14-15H,10-13H2,1-2H3,(H,23,24). The number of sulfonamides is 1. The van der Waals surface area contributed by atoms with E-state index in [0.29, 0.717) is 29.4 Å². The summed E-state index contributed by atoms with van der Waals surface area (Å²) in [5.41, 5.74) is 3.79. The topological polar surface area (TPSA) is 86.4 Å². The number of amides is 1. The van der Waals surface area contributed by atoms with E-state index >= 15 is 0 Å². The second-order valence-electron chi connectivity index (χ2n) is 7.50. The van der Waals surface area contributed by atoms with Gasteiger partial charge in [0.15, 0.2) is 0 Å². The van der Waals surface area contributed by atoms with Gasteiger partial charge in [0.2, 0.25) is 10.0 Å². The van der Waals surface area contributed by atoms with Crippen molar-refractivity contribution in [2.24, 2.45) is 0 Å². The molecule has 8 heteroatoms. The van der Waals surface area contributed by atoms with E-state index in [1.165, 1.54) is 4.31 Å². The molecule has 1 aromatic heterocycles. The molecule has 0 unspecified atom stereocenters. The molecule has 0 saturated carbocycles. The van der Waals surface area contributed by atoms with Crippen molar-refractivity contribution in [1.29, 1.82) is 0 Å². The molecule has 1 amide bonds. The number of nitrogens with one attached hydrogen (secondary N) is 1. The lowest BCUT2D eigenvalue weighted by atomic mass is 10.1. The number of piperazine rings is 1. The minimum absolute atomic E-state index is 0.173. The molecule has 30 heavy (non-hydrogen) atoms. The summed E-state index contributed by atoms with van der Waals surface area (Å²) < 4.78 is 27.5. The van der Waals surface area contributed by atoms with Crippen LogP contribution >= 0.6 is 0 Å². The van der Waals surface area contributed by atoms with Crippen molar-refractivity contribution in [3.8, 4) is 11.3 Å². The van der Waals surface area contributed by atoms with Crippen LogP contribution in [0.4, 0.5) is 0 Å². The van der Waals surface area contributed by atoms with Gasteiger partial charge in [0.25, 0.3) is 5.91 Å². The Bertz CT molecular complexity index is 1160. The summed E-state index contributed by atoms with van der Waals surface area (Å²) in [4.78, 5) is 14.8. The molecule has 0 spiro atoms. The van der Waals surface area contributed by atoms with Crippen LogP contribution in [0.3, 0.4) is 0 Å². The zero-order valence-corrected chi connectivity index (χ0v) is 17.8. The van der Waals surface area contributed by atoms with Gasteiger partial charge in [0, 0.05) is 31.7 Å². The Labute approximate surface area is 176 Å². The molecular weight excluding hydrogens is 400 g/mol. The molecule has 1 aliphatic rings. The van der Waals surface area contributed by atoms with E-state index in [4.69, 9.17) is 0 Å². The number of nitrogens with zero attached hydrogens (tertiary/aromatic N) is 3. The summed E-state index contributed by atoms with van der Waals surface area (Å²) in [5, 5.41) is 7.04. The number of aryl methyl sites for hydroxylation is 2. The average Bonchev–Trinajstić information content (AvgIpc) is 3.24. The van der Waals surface area contributed by atoms with Crippen LogP contribution in [0.1, 0.15) is 21.6 Å². The number of benzene rings is 2.